The summed E-state index contributed by atoms with van der Waals surface area (Å²) in [4.78, 5) is 11.3. The zero-order valence-electron chi connectivity index (χ0n) is 10.7. The summed E-state index contributed by atoms with van der Waals surface area (Å²) in [5, 5.41) is 10.1. The molecular weight excluding hydrogens is 216 g/mol. The summed E-state index contributed by atoms with van der Waals surface area (Å²) in [5.41, 5.74) is 1.15. The number of aryl methyl sites for hydroxylation is 1. The van der Waals surface area contributed by atoms with Crippen molar-refractivity contribution in [3.05, 3.63) is 18.0 Å². The Kier molecular flexibility index (Phi) is 6.32. The van der Waals surface area contributed by atoms with Crippen molar-refractivity contribution in [2.45, 2.75) is 33.2 Å². The standard InChI is InChI=1S/C12H22N4O/c1-3-4-5-14-12(17)9-13-6-7-16-10-11(2)8-15-16/h8,10,13H,3-7,9H2,1-2H3,(H,14,17). The Morgan fingerprint density at radius 3 is 2.94 bits per heavy atom. The number of hydrogen-bond acceptors (Lipinski definition) is 3. The number of amides is 1. The van der Waals surface area contributed by atoms with Crippen LogP contribution < -0.4 is 10.6 Å². The van der Waals surface area contributed by atoms with E-state index in [2.05, 4.69) is 22.7 Å². The Balaban J connectivity index is 2.02. The summed E-state index contributed by atoms with van der Waals surface area (Å²) < 4.78 is 1.87. The average molecular weight is 238 g/mol. The van der Waals surface area contributed by atoms with Gasteiger partial charge in [-0.1, -0.05) is 13.3 Å². The van der Waals surface area contributed by atoms with Crippen LogP contribution in [0.1, 0.15) is 25.3 Å². The zero-order chi connectivity index (χ0) is 12.5. The molecule has 0 aliphatic heterocycles. The van der Waals surface area contributed by atoms with Gasteiger partial charge in [0, 0.05) is 19.3 Å². The number of carbonyl (C=O) groups is 1. The van der Waals surface area contributed by atoms with Gasteiger partial charge in [0.05, 0.1) is 19.3 Å². The highest BCUT2D eigenvalue weighted by Gasteiger charge is 1.99. The molecule has 0 aromatic carbocycles. The molecule has 96 valence electrons. The van der Waals surface area contributed by atoms with Crippen molar-refractivity contribution in [3.63, 3.8) is 0 Å². The first-order chi connectivity index (χ1) is 8.22. The quantitative estimate of drug-likeness (QED) is 0.655. The van der Waals surface area contributed by atoms with Gasteiger partial charge in [-0.3, -0.25) is 9.48 Å². The number of aromatic nitrogens is 2. The number of nitrogens with one attached hydrogen (secondary N) is 2. The molecule has 0 atom stereocenters. The van der Waals surface area contributed by atoms with Gasteiger partial charge in [-0.25, -0.2) is 0 Å². The molecule has 0 radical (unpaired) electrons. The summed E-state index contributed by atoms with van der Waals surface area (Å²) in [6.45, 7) is 6.81. The molecule has 0 spiro atoms. The largest absolute Gasteiger partial charge is 0.355 e. The number of nitrogens with zero attached hydrogens (tertiary/aromatic N) is 2. The van der Waals surface area contributed by atoms with Crippen LogP contribution in [0.5, 0.6) is 0 Å². The number of rotatable bonds is 8. The van der Waals surface area contributed by atoms with E-state index in [4.69, 9.17) is 0 Å². The maximum absolute atomic E-state index is 11.3. The van der Waals surface area contributed by atoms with E-state index >= 15 is 0 Å². The van der Waals surface area contributed by atoms with E-state index in [1.807, 2.05) is 24.0 Å². The Hall–Kier alpha value is -1.36. The second kappa shape index (κ2) is 7.84. The highest BCUT2D eigenvalue weighted by molar-refractivity contribution is 5.77. The molecule has 1 aromatic heterocycles. The Morgan fingerprint density at radius 2 is 2.29 bits per heavy atom. The molecule has 1 aromatic rings. The monoisotopic (exact) mass is 238 g/mol. The lowest BCUT2D eigenvalue weighted by Crippen LogP contribution is -2.35. The maximum atomic E-state index is 11.3. The van der Waals surface area contributed by atoms with Crippen LogP contribution in [0.25, 0.3) is 0 Å². The summed E-state index contributed by atoms with van der Waals surface area (Å²) in [6.07, 6.45) is 5.96. The fourth-order valence-corrected chi connectivity index (χ4v) is 1.45. The fraction of sp³-hybridized carbons (Fsp3) is 0.667. The average Bonchev–Trinajstić information content (AvgIpc) is 2.71. The predicted octanol–water partition coefficient (Wildman–Crippen LogP) is 0.697. The minimum atomic E-state index is 0.0649. The van der Waals surface area contributed by atoms with E-state index in [9.17, 15) is 4.79 Å². The smallest absolute Gasteiger partial charge is 0.233 e. The summed E-state index contributed by atoms with van der Waals surface area (Å²) in [5.74, 6) is 0.0649. The summed E-state index contributed by atoms with van der Waals surface area (Å²) in [6, 6.07) is 0. The third-order valence-corrected chi connectivity index (χ3v) is 2.42. The Labute approximate surface area is 103 Å². The van der Waals surface area contributed by atoms with E-state index in [-0.39, 0.29) is 5.91 Å². The maximum Gasteiger partial charge on any atom is 0.233 e. The molecule has 0 saturated heterocycles. The van der Waals surface area contributed by atoms with Crippen LogP contribution >= 0.6 is 0 Å². The minimum Gasteiger partial charge on any atom is -0.355 e. The van der Waals surface area contributed by atoms with Gasteiger partial charge in [-0.2, -0.15) is 5.10 Å². The van der Waals surface area contributed by atoms with Crippen molar-refractivity contribution >= 4 is 5.91 Å². The third-order valence-electron chi connectivity index (χ3n) is 2.42. The van der Waals surface area contributed by atoms with Crippen molar-refractivity contribution in [1.29, 1.82) is 0 Å². The first-order valence-electron chi connectivity index (χ1n) is 6.19. The lowest BCUT2D eigenvalue weighted by Gasteiger charge is -2.06. The predicted molar refractivity (Wildman–Crippen MR) is 67.8 cm³/mol. The second-order valence-corrected chi connectivity index (χ2v) is 4.16. The molecule has 2 N–H and O–H groups in total. The molecule has 0 aliphatic carbocycles. The van der Waals surface area contributed by atoms with Crippen LogP contribution in [0, 0.1) is 6.92 Å². The van der Waals surface area contributed by atoms with E-state index in [0.717, 1.165) is 38.0 Å². The molecule has 5 nitrogen and oxygen atoms in total. The molecule has 0 unspecified atom stereocenters. The van der Waals surface area contributed by atoms with Crippen molar-refractivity contribution in [1.82, 2.24) is 20.4 Å². The molecule has 0 saturated carbocycles. The van der Waals surface area contributed by atoms with Gasteiger partial charge in [0.15, 0.2) is 0 Å². The Morgan fingerprint density at radius 1 is 1.47 bits per heavy atom. The van der Waals surface area contributed by atoms with Crippen LogP contribution in [-0.4, -0.2) is 35.3 Å². The molecule has 1 heterocycles. The third kappa shape index (κ3) is 6.06. The van der Waals surface area contributed by atoms with Gasteiger partial charge >= 0.3 is 0 Å². The molecule has 0 fully saturated rings. The lowest BCUT2D eigenvalue weighted by molar-refractivity contribution is -0.120. The van der Waals surface area contributed by atoms with E-state index in [1.165, 1.54) is 0 Å². The molecule has 17 heavy (non-hydrogen) atoms. The fourth-order valence-electron chi connectivity index (χ4n) is 1.45. The van der Waals surface area contributed by atoms with Crippen LogP contribution in [0.2, 0.25) is 0 Å². The Bertz CT molecular complexity index is 335. The van der Waals surface area contributed by atoms with Crippen LogP contribution in [-0.2, 0) is 11.3 Å². The van der Waals surface area contributed by atoms with Gasteiger partial charge in [0.25, 0.3) is 0 Å². The first kappa shape index (κ1) is 13.7. The number of carbonyl (C=O) groups excluding carboxylic acids is 1. The SMILES string of the molecule is CCCCNC(=O)CNCCn1cc(C)cn1. The topological polar surface area (TPSA) is 59.0 Å². The lowest BCUT2D eigenvalue weighted by atomic mass is 10.3. The highest BCUT2D eigenvalue weighted by atomic mass is 16.1. The normalized spacial score (nSPS) is 10.5. The zero-order valence-corrected chi connectivity index (χ0v) is 10.7. The number of unbranched alkanes of at least 4 members (excludes halogenated alkanes) is 1. The van der Waals surface area contributed by atoms with Crippen LogP contribution in [0.15, 0.2) is 12.4 Å². The molecular formula is C12H22N4O. The van der Waals surface area contributed by atoms with Crippen molar-refractivity contribution in [3.8, 4) is 0 Å². The summed E-state index contributed by atoms with van der Waals surface area (Å²) >= 11 is 0. The molecule has 1 amide bonds. The van der Waals surface area contributed by atoms with Gasteiger partial charge in [-0.15, -0.1) is 0 Å². The van der Waals surface area contributed by atoms with Crippen LogP contribution in [0.4, 0.5) is 0 Å². The second-order valence-electron chi connectivity index (χ2n) is 4.16. The molecule has 0 aliphatic rings. The van der Waals surface area contributed by atoms with Gasteiger partial charge in [-0.05, 0) is 18.9 Å². The van der Waals surface area contributed by atoms with Crippen molar-refractivity contribution < 1.29 is 4.79 Å². The van der Waals surface area contributed by atoms with E-state index in [0.29, 0.717) is 6.54 Å². The molecule has 0 bridgehead atoms. The highest BCUT2D eigenvalue weighted by Crippen LogP contribution is 1.92. The first-order valence-corrected chi connectivity index (χ1v) is 6.19. The number of hydrogen-bond donors (Lipinski definition) is 2. The minimum absolute atomic E-state index is 0.0649. The summed E-state index contributed by atoms with van der Waals surface area (Å²) in [7, 11) is 0. The molecule has 5 heteroatoms. The molecule has 1 rings (SSSR count). The van der Waals surface area contributed by atoms with Gasteiger partial charge < -0.3 is 10.6 Å². The van der Waals surface area contributed by atoms with E-state index < -0.39 is 0 Å². The van der Waals surface area contributed by atoms with Crippen molar-refractivity contribution in [2.75, 3.05) is 19.6 Å². The van der Waals surface area contributed by atoms with Crippen LogP contribution in [0.3, 0.4) is 0 Å². The van der Waals surface area contributed by atoms with E-state index in [1.54, 1.807) is 0 Å². The van der Waals surface area contributed by atoms with Crippen molar-refractivity contribution in [2.24, 2.45) is 0 Å². The van der Waals surface area contributed by atoms with Gasteiger partial charge in [0.2, 0.25) is 5.91 Å². The van der Waals surface area contributed by atoms with Gasteiger partial charge in [0.1, 0.15) is 0 Å².